The van der Waals surface area contributed by atoms with Crippen LogP contribution in [0.5, 0.6) is 0 Å². The van der Waals surface area contributed by atoms with Crippen molar-refractivity contribution >= 4 is 11.2 Å². The molecular formula is C20H22N2O2S. The third-order valence-corrected chi connectivity index (χ3v) is 5.07. The first-order chi connectivity index (χ1) is 11.8. The van der Waals surface area contributed by atoms with Gasteiger partial charge in [-0.15, -0.1) is 0 Å². The standard InChI is InChI=1S/C20H22N2O2S/c1-14-13-19(15-5-11-18(12-6-15)25(4)24)22(21-14)17-9-7-16(8-10-17)20(2,3)23/h5-13,23H,1-4H3. The van der Waals surface area contributed by atoms with E-state index in [4.69, 9.17) is 0 Å². The van der Waals surface area contributed by atoms with Crippen molar-refractivity contribution in [2.24, 2.45) is 0 Å². The van der Waals surface area contributed by atoms with E-state index in [9.17, 15) is 9.66 Å². The van der Waals surface area contributed by atoms with Crippen molar-refractivity contribution < 1.29 is 9.66 Å². The van der Waals surface area contributed by atoms with Gasteiger partial charge in [-0.1, -0.05) is 12.1 Å². The van der Waals surface area contributed by atoms with E-state index in [0.29, 0.717) is 0 Å². The molecule has 0 saturated heterocycles. The highest BCUT2D eigenvalue weighted by Gasteiger charge is 2.16. The van der Waals surface area contributed by atoms with Crippen LogP contribution in [-0.2, 0) is 16.8 Å². The number of aryl methyl sites for hydroxylation is 1. The van der Waals surface area contributed by atoms with Gasteiger partial charge in [0.05, 0.1) is 22.7 Å². The quantitative estimate of drug-likeness (QED) is 0.725. The van der Waals surface area contributed by atoms with Crippen molar-refractivity contribution in [2.45, 2.75) is 31.3 Å². The second-order valence-corrected chi connectivity index (χ2v) is 8.05. The summed E-state index contributed by atoms with van der Waals surface area (Å²) in [6.07, 6.45) is 1.67. The molecule has 1 heterocycles. The third-order valence-electron chi connectivity index (χ3n) is 4.13. The first-order valence-corrected chi connectivity index (χ1v) is 9.65. The zero-order chi connectivity index (χ0) is 18.2. The van der Waals surface area contributed by atoms with E-state index in [-0.39, 0.29) is 0 Å². The fraction of sp³-hybridized carbons (Fsp3) is 0.250. The van der Waals surface area contributed by atoms with Crippen LogP contribution in [0, 0.1) is 6.92 Å². The van der Waals surface area contributed by atoms with Gasteiger partial charge in [0.15, 0.2) is 4.90 Å². The van der Waals surface area contributed by atoms with E-state index in [2.05, 4.69) is 5.10 Å². The summed E-state index contributed by atoms with van der Waals surface area (Å²) in [5.74, 6) is 0. The number of rotatable bonds is 4. The van der Waals surface area contributed by atoms with Crippen molar-refractivity contribution in [1.29, 1.82) is 0 Å². The van der Waals surface area contributed by atoms with Gasteiger partial charge in [-0.05, 0) is 80.0 Å². The average Bonchev–Trinajstić information content (AvgIpc) is 2.96. The van der Waals surface area contributed by atoms with Crippen LogP contribution in [0.15, 0.2) is 59.5 Å². The monoisotopic (exact) mass is 354 g/mol. The minimum Gasteiger partial charge on any atom is -0.612 e. The van der Waals surface area contributed by atoms with Crippen LogP contribution in [0.25, 0.3) is 16.9 Å². The van der Waals surface area contributed by atoms with Gasteiger partial charge in [0, 0.05) is 5.56 Å². The number of nitrogens with zero attached hydrogens (tertiary/aromatic N) is 2. The molecule has 1 N–H and O–H groups in total. The van der Waals surface area contributed by atoms with Gasteiger partial charge in [0.1, 0.15) is 6.26 Å². The topological polar surface area (TPSA) is 61.1 Å². The fourth-order valence-corrected chi connectivity index (χ4v) is 3.25. The maximum Gasteiger partial charge on any atom is 0.152 e. The first-order valence-electron chi connectivity index (χ1n) is 8.09. The minimum absolute atomic E-state index is 0.807. The molecular weight excluding hydrogens is 332 g/mol. The Labute approximate surface area is 151 Å². The van der Waals surface area contributed by atoms with Gasteiger partial charge in [-0.25, -0.2) is 4.68 Å². The molecule has 5 heteroatoms. The normalized spacial score (nSPS) is 13.0. The zero-order valence-electron chi connectivity index (χ0n) is 14.9. The van der Waals surface area contributed by atoms with Crippen LogP contribution in [-0.4, -0.2) is 25.7 Å². The maximum atomic E-state index is 11.6. The Morgan fingerprint density at radius 1 is 1.04 bits per heavy atom. The molecule has 1 aromatic heterocycles. The molecule has 1 unspecified atom stereocenters. The predicted molar refractivity (Wildman–Crippen MR) is 101 cm³/mol. The van der Waals surface area contributed by atoms with E-state index in [1.807, 2.05) is 66.2 Å². The molecule has 25 heavy (non-hydrogen) atoms. The zero-order valence-corrected chi connectivity index (χ0v) is 15.7. The number of benzene rings is 2. The second kappa shape index (κ2) is 6.67. The molecule has 3 aromatic rings. The van der Waals surface area contributed by atoms with Crippen LogP contribution in [0.3, 0.4) is 0 Å². The summed E-state index contributed by atoms with van der Waals surface area (Å²) in [5.41, 5.74) is 3.83. The SMILES string of the molecule is Cc1cc(-c2ccc([S+](C)[O-])cc2)n(-c2ccc(C(C)(C)O)cc2)n1. The third kappa shape index (κ3) is 3.79. The molecule has 0 radical (unpaired) electrons. The molecule has 0 amide bonds. The Morgan fingerprint density at radius 2 is 1.64 bits per heavy atom. The maximum absolute atomic E-state index is 11.6. The molecule has 2 aromatic carbocycles. The summed E-state index contributed by atoms with van der Waals surface area (Å²) in [6, 6.07) is 17.5. The van der Waals surface area contributed by atoms with Crippen LogP contribution < -0.4 is 0 Å². The van der Waals surface area contributed by atoms with E-state index in [1.165, 1.54) is 0 Å². The lowest BCUT2D eigenvalue weighted by Gasteiger charge is -2.18. The lowest BCUT2D eigenvalue weighted by molar-refractivity contribution is 0.0786. The van der Waals surface area contributed by atoms with E-state index in [0.717, 1.165) is 33.1 Å². The summed E-state index contributed by atoms with van der Waals surface area (Å²) >= 11 is -0.987. The van der Waals surface area contributed by atoms with Crippen LogP contribution in [0.4, 0.5) is 0 Å². The van der Waals surface area contributed by atoms with Crippen molar-refractivity contribution in [3.63, 3.8) is 0 Å². The lowest BCUT2D eigenvalue weighted by Crippen LogP contribution is -2.15. The summed E-state index contributed by atoms with van der Waals surface area (Å²) in [6.45, 7) is 5.50. The van der Waals surface area contributed by atoms with E-state index >= 15 is 0 Å². The van der Waals surface area contributed by atoms with Crippen LogP contribution in [0.1, 0.15) is 25.1 Å². The fourth-order valence-electron chi connectivity index (χ4n) is 2.73. The Bertz CT molecular complexity index is 860. The van der Waals surface area contributed by atoms with Crippen molar-refractivity contribution in [2.75, 3.05) is 6.26 Å². The summed E-state index contributed by atoms with van der Waals surface area (Å²) in [4.78, 5) is 0.807. The van der Waals surface area contributed by atoms with E-state index < -0.39 is 16.8 Å². The second-order valence-electron chi connectivity index (χ2n) is 6.67. The highest BCUT2D eigenvalue weighted by atomic mass is 32.2. The number of hydrogen-bond acceptors (Lipinski definition) is 3. The number of hydrogen-bond donors (Lipinski definition) is 1. The van der Waals surface area contributed by atoms with E-state index in [1.54, 1.807) is 20.1 Å². The van der Waals surface area contributed by atoms with Gasteiger partial charge >= 0.3 is 0 Å². The molecule has 1 atom stereocenters. The van der Waals surface area contributed by atoms with Gasteiger partial charge in [0.25, 0.3) is 0 Å². The molecule has 0 aliphatic heterocycles. The van der Waals surface area contributed by atoms with Gasteiger partial charge in [-0.3, -0.25) is 0 Å². The molecule has 0 bridgehead atoms. The number of aromatic nitrogens is 2. The Morgan fingerprint density at radius 3 is 2.16 bits per heavy atom. The molecule has 0 aliphatic rings. The summed E-state index contributed by atoms with van der Waals surface area (Å²) < 4.78 is 13.5. The van der Waals surface area contributed by atoms with Gasteiger partial charge in [-0.2, -0.15) is 5.10 Å². The first kappa shape index (κ1) is 17.7. The Balaban J connectivity index is 2.01. The number of aliphatic hydroxyl groups is 1. The van der Waals surface area contributed by atoms with Crippen molar-refractivity contribution in [1.82, 2.24) is 9.78 Å². The molecule has 0 aliphatic carbocycles. The average molecular weight is 354 g/mol. The smallest absolute Gasteiger partial charge is 0.152 e. The summed E-state index contributed by atoms with van der Waals surface area (Å²) in [7, 11) is 0. The van der Waals surface area contributed by atoms with Gasteiger partial charge in [0.2, 0.25) is 0 Å². The molecule has 0 fully saturated rings. The van der Waals surface area contributed by atoms with Crippen molar-refractivity contribution in [3.8, 4) is 16.9 Å². The summed E-state index contributed by atoms with van der Waals surface area (Å²) in [5, 5.41) is 14.7. The van der Waals surface area contributed by atoms with Crippen LogP contribution in [0.2, 0.25) is 0 Å². The highest BCUT2D eigenvalue weighted by molar-refractivity contribution is 7.90. The Hall–Kier alpha value is -2.08. The van der Waals surface area contributed by atoms with Gasteiger partial charge < -0.3 is 9.66 Å². The lowest BCUT2D eigenvalue weighted by atomic mass is 9.98. The van der Waals surface area contributed by atoms with Crippen LogP contribution >= 0.6 is 0 Å². The molecule has 130 valence electrons. The molecule has 0 saturated carbocycles. The largest absolute Gasteiger partial charge is 0.612 e. The molecule has 0 spiro atoms. The molecule has 3 rings (SSSR count). The van der Waals surface area contributed by atoms with Crippen molar-refractivity contribution in [3.05, 3.63) is 65.9 Å². The minimum atomic E-state index is -0.987. The highest BCUT2D eigenvalue weighted by Crippen LogP contribution is 2.27. The predicted octanol–water partition coefficient (Wildman–Crippen LogP) is 3.81. The molecule has 4 nitrogen and oxygen atoms in total. The Kier molecular flexibility index (Phi) is 4.73.